The number of carboxylic acid groups (broad SMARTS) is 1. The molecule has 86 valence electrons. The molecule has 0 aliphatic rings. The van der Waals surface area contributed by atoms with Gasteiger partial charge in [0.2, 0.25) is 0 Å². The summed E-state index contributed by atoms with van der Waals surface area (Å²) in [5.74, 6) is -1.84. The number of carbonyl (C=O) groups is 1. The Balaban J connectivity index is 4.08. The Morgan fingerprint density at radius 1 is 1.73 bits per heavy atom. The second-order valence-electron chi connectivity index (χ2n) is 3.34. The van der Waals surface area contributed by atoms with Crippen molar-refractivity contribution in [2.75, 3.05) is 13.1 Å². The Morgan fingerprint density at radius 2 is 2.33 bits per heavy atom. The standard InChI is InChI=1S/C9H16FN3O2/c1-9(12,8(14)15)6-7(10)2-4-13-5-3-11/h3,6,11,13H,2,4-5,12H2,1H3,(H,14,15)/b7-6-,11-3?. The lowest BCUT2D eigenvalue weighted by Crippen LogP contribution is -2.43. The lowest BCUT2D eigenvalue weighted by molar-refractivity contribution is -0.140. The number of nitrogens with two attached hydrogens (primary N) is 1. The zero-order valence-corrected chi connectivity index (χ0v) is 8.59. The van der Waals surface area contributed by atoms with E-state index in [0.717, 1.165) is 12.3 Å². The normalized spacial score (nSPS) is 15.8. The summed E-state index contributed by atoms with van der Waals surface area (Å²) in [7, 11) is 0. The molecule has 0 heterocycles. The van der Waals surface area contributed by atoms with Gasteiger partial charge in [-0.15, -0.1) is 0 Å². The van der Waals surface area contributed by atoms with Gasteiger partial charge in [0.15, 0.2) is 0 Å². The summed E-state index contributed by atoms with van der Waals surface area (Å²) in [6.45, 7) is 1.93. The molecule has 0 fully saturated rings. The molecule has 0 spiro atoms. The lowest BCUT2D eigenvalue weighted by atomic mass is 10.0. The summed E-state index contributed by atoms with van der Waals surface area (Å²) in [4.78, 5) is 10.6. The van der Waals surface area contributed by atoms with Crippen LogP contribution >= 0.6 is 0 Å². The molecule has 0 aromatic heterocycles. The van der Waals surface area contributed by atoms with Crippen molar-refractivity contribution < 1.29 is 14.3 Å². The van der Waals surface area contributed by atoms with Crippen LogP contribution in [0, 0.1) is 5.41 Å². The van der Waals surface area contributed by atoms with Crippen molar-refractivity contribution in [1.29, 1.82) is 5.41 Å². The van der Waals surface area contributed by atoms with Crippen LogP contribution in [-0.2, 0) is 4.79 Å². The summed E-state index contributed by atoms with van der Waals surface area (Å²) in [5.41, 5.74) is 3.64. The average Bonchev–Trinajstić information content (AvgIpc) is 2.11. The minimum atomic E-state index is -1.67. The first kappa shape index (κ1) is 13.7. The molecule has 0 aliphatic carbocycles. The van der Waals surface area contributed by atoms with Crippen LogP contribution in [0.1, 0.15) is 13.3 Å². The third-order valence-corrected chi connectivity index (χ3v) is 1.70. The van der Waals surface area contributed by atoms with Crippen molar-refractivity contribution in [3.8, 4) is 0 Å². The molecule has 0 radical (unpaired) electrons. The van der Waals surface area contributed by atoms with Gasteiger partial charge in [-0.2, -0.15) is 0 Å². The fraction of sp³-hybridized carbons (Fsp3) is 0.556. The number of hydrogen-bond donors (Lipinski definition) is 4. The molecule has 0 saturated heterocycles. The molecule has 0 aromatic rings. The third kappa shape index (κ3) is 5.92. The van der Waals surface area contributed by atoms with Crippen LogP contribution in [0.2, 0.25) is 0 Å². The van der Waals surface area contributed by atoms with Crippen molar-refractivity contribution in [3.63, 3.8) is 0 Å². The van der Waals surface area contributed by atoms with Gasteiger partial charge in [-0.25, -0.2) is 9.18 Å². The Kier molecular flexibility index (Phi) is 5.73. The van der Waals surface area contributed by atoms with E-state index in [1.54, 1.807) is 0 Å². The Morgan fingerprint density at radius 3 is 2.80 bits per heavy atom. The van der Waals surface area contributed by atoms with Crippen LogP contribution < -0.4 is 11.1 Å². The van der Waals surface area contributed by atoms with Crippen molar-refractivity contribution >= 4 is 12.2 Å². The first-order valence-corrected chi connectivity index (χ1v) is 4.49. The largest absolute Gasteiger partial charge is 0.480 e. The second-order valence-corrected chi connectivity index (χ2v) is 3.34. The molecule has 1 unspecified atom stereocenters. The average molecular weight is 217 g/mol. The van der Waals surface area contributed by atoms with E-state index in [1.807, 2.05) is 0 Å². The van der Waals surface area contributed by atoms with Crippen LogP contribution in [0.5, 0.6) is 0 Å². The molecule has 1 atom stereocenters. The van der Waals surface area contributed by atoms with E-state index >= 15 is 0 Å². The highest BCUT2D eigenvalue weighted by molar-refractivity contribution is 5.80. The van der Waals surface area contributed by atoms with E-state index < -0.39 is 17.3 Å². The Bertz CT molecular complexity index is 264. The van der Waals surface area contributed by atoms with E-state index in [0.29, 0.717) is 13.1 Å². The molecule has 5 nitrogen and oxygen atoms in total. The molecule has 0 aromatic carbocycles. The molecular formula is C9H16FN3O2. The van der Waals surface area contributed by atoms with Gasteiger partial charge in [-0.3, -0.25) is 0 Å². The highest BCUT2D eigenvalue weighted by Gasteiger charge is 2.25. The topological polar surface area (TPSA) is 99.2 Å². The molecular weight excluding hydrogens is 201 g/mol. The zero-order chi connectivity index (χ0) is 11.9. The molecule has 0 saturated carbocycles. The van der Waals surface area contributed by atoms with Gasteiger partial charge in [0.05, 0.1) is 5.83 Å². The fourth-order valence-electron chi connectivity index (χ4n) is 0.841. The molecule has 6 heteroatoms. The zero-order valence-electron chi connectivity index (χ0n) is 8.59. The minimum Gasteiger partial charge on any atom is -0.480 e. The Labute approximate surface area is 87.7 Å². The molecule has 15 heavy (non-hydrogen) atoms. The van der Waals surface area contributed by atoms with Crippen LogP contribution in [0.4, 0.5) is 4.39 Å². The van der Waals surface area contributed by atoms with E-state index in [1.165, 1.54) is 6.92 Å². The van der Waals surface area contributed by atoms with Gasteiger partial charge < -0.3 is 21.6 Å². The molecule has 0 aliphatic heterocycles. The lowest BCUT2D eigenvalue weighted by Gasteiger charge is -2.14. The highest BCUT2D eigenvalue weighted by atomic mass is 19.1. The van der Waals surface area contributed by atoms with E-state index in [-0.39, 0.29) is 6.42 Å². The van der Waals surface area contributed by atoms with E-state index in [4.69, 9.17) is 16.2 Å². The van der Waals surface area contributed by atoms with Crippen LogP contribution in [0.25, 0.3) is 0 Å². The summed E-state index contributed by atoms with van der Waals surface area (Å²) in [6.07, 6.45) is 2.11. The third-order valence-electron chi connectivity index (χ3n) is 1.70. The van der Waals surface area contributed by atoms with Gasteiger partial charge in [0, 0.05) is 25.7 Å². The monoisotopic (exact) mass is 217 g/mol. The quantitative estimate of drug-likeness (QED) is 0.363. The summed E-state index contributed by atoms with van der Waals surface area (Å²) in [6, 6.07) is 0. The van der Waals surface area contributed by atoms with Crippen molar-refractivity contribution in [2.45, 2.75) is 18.9 Å². The molecule has 0 bridgehead atoms. The summed E-state index contributed by atoms with van der Waals surface area (Å²) >= 11 is 0. The van der Waals surface area contributed by atoms with Gasteiger partial charge in [0.25, 0.3) is 0 Å². The summed E-state index contributed by atoms with van der Waals surface area (Å²) in [5, 5.41) is 18.1. The number of nitrogens with one attached hydrogen (secondary N) is 2. The first-order chi connectivity index (χ1) is 6.90. The van der Waals surface area contributed by atoms with Crippen LogP contribution in [-0.4, -0.2) is 35.9 Å². The summed E-state index contributed by atoms with van der Waals surface area (Å²) < 4.78 is 13.1. The smallest absolute Gasteiger partial charge is 0.327 e. The van der Waals surface area contributed by atoms with Crippen molar-refractivity contribution in [2.24, 2.45) is 5.73 Å². The molecule has 0 amide bonds. The predicted molar refractivity (Wildman–Crippen MR) is 55.7 cm³/mol. The van der Waals surface area contributed by atoms with Crippen molar-refractivity contribution in [3.05, 3.63) is 11.9 Å². The number of rotatable bonds is 7. The fourth-order valence-corrected chi connectivity index (χ4v) is 0.841. The number of carboxylic acids is 1. The SMILES string of the molecule is CC(N)(/C=C(\F)CCNCC=N)C(=O)O. The molecule has 5 N–H and O–H groups in total. The first-order valence-electron chi connectivity index (χ1n) is 4.49. The highest BCUT2D eigenvalue weighted by Crippen LogP contribution is 2.10. The van der Waals surface area contributed by atoms with E-state index in [9.17, 15) is 9.18 Å². The van der Waals surface area contributed by atoms with Crippen molar-refractivity contribution in [1.82, 2.24) is 5.32 Å². The number of halogens is 1. The predicted octanol–water partition coefficient (Wildman–Crippen LogP) is 0.271. The number of aliphatic carboxylic acids is 1. The minimum absolute atomic E-state index is 0.0634. The maximum absolute atomic E-state index is 13.1. The van der Waals surface area contributed by atoms with E-state index in [2.05, 4.69) is 5.32 Å². The maximum Gasteiger partial charge on any atom is 0.327 e. The van der Waals surface area contributed by atoms with Gasteiger partial charge in [-0.05, 0) is 13.0 Å². The van der Waals surface area contributed by atoms with Gasteiger partial charge in [0.1, 0.15) is 5.54 Å². The van der Waals surface area contributed by atoms with Gasteiger partial charge >= 0.3 is 5.97 Å². The van der Waals surface area contributed by atoms with Crippen LogP contribution in [0.15, 0.2) is 11.9 Å². The maximum atomic E-state index is 13.1. The molecule has 0 rings (SSSR count). The second kappa shape index (κ2) is 6.26. The van der Waals surface area contributed by atoms with Crippen LogP contribution in [0.3, 0.4) is 0 Å². The Hall–Kier alpha value is -1.27. The number of hydrogen-bond acceptors (Lipinski definition) is 4. The van der Waals surface area contributed by atoms with Gasteiger partial charge in [-0.1, -0.05) is 0 Å².